The Balaban J connectivity index is 1.64. The van der Waals surface area contributed by atoms with Gasteiger partial charge in [0.05, 0.1) is 19.3 Å². The molecule has 4 saturated heterocycles. The highest BCUT2D eigenvalue weighted by atomic mass is 16.5. The summed E-state index contributed by atoms with van der Waals surface area (Å²) in [5.41, 5.74) is 0.346. The number of piperazine rings is 1. The van der Waals surface area contributed by atoms with Crippen LogP contribution in [0, 0.1) is 0 Å². The highest BCUT2D eigenvalue weighted by molar-refractivity contribution is 5.06. The lowest BCUT2D eigenvalue weighted by molar-refractivity contribution is -0.176. The van der Waals surface area contributed by atoms with Gasteiger partial charge in [-0.25, -0.2) is 0 Å². The Kier molecular flexibility index (Phi) is 2.14. The van der Waals surface area contributed by atoms with E-state index in [-0.39, 0.29) is 0 Å². The Bertz CT molecular complexity index is 245. The van der Waals surface area contributed by atoms with Gasteiger partial charge in [0.15, 0.2) is 0 Å². The van der Waals surface area contributed by atoms with Crippen molar-refractivity contribution in [3.05, 3.63) is 0 Å². The molecule has 2 unspecified atom stereocenters. The number of hydrogen-bond donors (Lipinski definition) is 0. The van der Waals surface area contributed by atoms with Crippen LogP contribution in [-0.4, -0.2) is 59.8 Å². The molecule has 0 aromatic heterocycles. The second-order valence-corrected chi connectivity index (χ2v) is 6.26. The third-order valence-corrected chi connectivity index (χ3v) is 4.24. The molecule has 0 spiro atoms. The molecule has 0 saturated carbocycles. The molecule has 2 atom stereocenters. The third kappa shape index (κ3) is 1.52. The molecule has 4 rings (SSSR count). The van der Waals surface area contributed by atoms with Gasteiger partial charge in [-0.15, -0.1) is 0 Å². The summed E-state index contributed by atoms with van der Waals surface area (Å²) < 4.78 is 5.30. The van der Waals surface area contributed by atoms with Crippen molar-refractivity contribution in [2.45, 2.75) is 50.9 Å². The van der Waals surface area contributed by atoms with Crippen LogP contribution in [0.2, 0.25) is 0 Å². The molecule has 0 amide bonds. The zero-order valence-electron chi connectivity index (χ0n) is 10.1. The zero-order chi connectivity index (χ0) is 10.6. The molecule has 0 N–H and O–H groups in total. The number of fused-ring (bicyclic) bond motifs is 2. The quantitative estimate of drug-likeness (QED) is 0.640. The number of nitrogens with zero attached hydrogens (tertiary/aromatic N) is 2. The lowest BCUT2D eigenvalue weighted by atomic mass is 9.83. The summed E-state index contributed by atoms with van der Waals surface area (Å²) in [6, 6.07) is 2.38. The van der Waals surface area contributed by atoms with E-state index in [4.69, 9.17) is 4.74 Å². The predicted molar refractivity (Wildman–Crippen MR) is 60.0 cm³/mol. The van der Waals surface area contributed by atoms with Crippen molar-refractivity contribution in [2.24, 2.45) is 0 Å². The van der Waals surface area contributed by atoms with E-state index in [2.05, 4.69) is 30.6 Å². The standard InChI is InChI=1S/C12H22N2O/c1-12(2,3)13-5-9-4-10(6-13)14(9)11-7-15-8-11/h9-11H,4-8H2,1-3H3. The number of ether oxygens (including phenoxy) is 1. The van der Waals surface area contributed by atoms with Crippen LogP contribution in [0.4, 0.5) is 0 Å². The van der Waals surface area contributed by atoms with E-state index in [1.54, 1.807) is 0 Å². The summed E-state index contributed by atoms with van der Waals surface area (Å²) in [5.74, 6) is 0. The van der Waals surface area contributed by atoms with Gasteiger partial charge in [-0.1, -0.05) is 0 Å². The van der Waals surface area contributed by atoms with Gasteiger partial charge in [0.2, 0.25) is 0 Å². The van der Waals surface area contributed by atoms with Gasteiger partial charge in [0.1, 0.15) is 0 Å². The van der Waals surface area contributed by atoms with Crippen molar-refractivity contribution in [3.8, 4) is 0 Å². The fraction of sp³-hybridized carbons (Fsp3) is 1.00. The molecule has 86 valence electrons. The van der Waals surface area contributed by atoms with E-state index in [0.717, 1.165) is 31.3 Å². The average Bonchev–Trinajstić information content (AvgIpc) is 2.09. The molecule has 2 bridgehead atoms. The average molecular weight is 210 g/mol. The summed E-state index contributed by atoms with van der Waals surface area (Å²) in [6.45, 7) is 11.5. The summed E-state index contributed by atoms with van der Waals surface area (Å²) in [4.78, 5) is 5.35. The molecule has 0 aromatic carbocycles. The smallest absolute Gasteiger partial charge is 0.0645 e. The summed E-state index contributed by atoms with van der Waals surface area (Å²) in [5, 5.41) is 0. The molecular formula is C12H22N2O. The number of hydrogen-bond acceptors (Lipinski definition) is 3. The molecule has 4 aliphatic heterocycles. The highest BCUT2D eigenvalue weighted by Crippen LogP contribution is 2.38. The largest absolute Gasteiger partial charge is 0.378 e. The second kappa shape index (κ2) is 3.19. The van der Waals surface area contributed by atoms with Gasteiger partial charge in [0, 0.05) is 30.7 Å². The van der Waals surface area contributed by atoms with Crippen LogP contribution in [0.3, 0.4) is 0 Å². The van der Waals surface area contributed by atoms with Crippen LogP contribution in [0.1, 0.15) is 27.2 Å². The fourth-order valence-electron chi connectivity index (χ4n) is 3.18. The minimum absolute atomic E-state index is 0.346. The molecule has 4 aliphatic rings. The zero-order valence-corrected chi connectivity index (χ0v) is 10.1. The van der Waals surface area contributed by atoms with Gasteiger partial charge in [-0.05, 0) is 27.2 Å². The molecule has 3 nitrogen and oxygen atoms in total. The van der Waals surface area contributed by atoms with Crippen molar-refractivity contribution < 1.29 is 4.74 Å². The SMILES string of the molecule is CC(C)(C)N1CC2CC(C1)N2C1COC1. The Hall–Kier alpha value is -0.120. The molecule has 4 fully saturated rings. The normalized spacial score (nSPS) is 38.6. The highest BCUT2D eigenvalue weighted by Gasteiger charge is 2.50. The summed E-state index contributed by atoms with van der Waals surface area (Å²) in [6.07, 6.45) is 1.42. The van der Waals surface area contributed by atoms with E-state index in [1.807, 2.05) is 0 Å². The maximum atomic E-state index is 5.30. The topological polar surface area (TPSA) is 15.7 Å². The van der Waals surface area contributed by atoms with Crippen LogP contribution >= 0.6 is 0 Å². The Morgan fingerprint density at radius 1 is 1.00 bits per heavy atom. The number of rotatable bonds is 1. The van der Waals surface area contributed by atoms with Crippen LogP contribution in [0.15, 0.2) is 0 Å². The molecule has 0 aliphatic carbocycles. The predicted octanol–water partition coefficient (Wildman–Crippen LogP) is 0.942. The maximum absolute atomic E-state index is 5.30. The van der Waals surface area contributed by atoms with E-state index in [9.17, 15) is 0 Å². The van der Waals surface area contributed by atoms with E-state index in [0.29, 0.717) is 5.54 Å². The van der Waals surface area contributed by atoms with Crippen molar-refractivity contribution in [3.63, 3.8) is 0 Å². The van der Waals surface area contributed by atoms with Crippen molar-refractivity contribution in [2.75, 3.05) is 26.3 Å². The van der Waals surface area contributed by atoms with Crippen molar-refractivity contribution in [1.82, 2.24) is 9.80 Å². The van der Waals surface area contributed by atoms with Crippen LogP contribution in [0.25, 0.3) is 0 Å². The lowest BCUT2D eigenvalue weighted by Gasteiger charge is -2.62. The van der Waals surface area contributed by atoms with E-state index in [1.165, 1.54) is 19.5 Å². The van der Waals surface area contributed by atoms with Gasteiger partial charge < -0.3 is 4.74 Å². The van der Waals surface area contributed by atoms with E-state index < -0.39 is 0 Å². The second-order valence-electron chi connectivity index (χ2n) is 6.26. The van der Waals surface area contributed by atoms with Crippen molar-refractivity contribution in [1.29, 1.82) is 0 Å². The minimum atomic E-state index is 0.346. The fourth-order valence-corrected chi connectivity index (χ4v) is 3.18. The number of piperidine rings is 1. The van der Waals surface area contributed by atoms with Crippen molar-refractivity contribution >= 4 is 0 Å². The first-order chi connectivity index (χ1) is 7.05. The van der Waals surface area contributed by atoms with Gasteiger partial charge >= 0.3 is 0 Å². The third-order valence-electron chi connectivity index (χ3n) is 4.24. The van der Waals surface area contributed by atoms with Crippen LogP contribution in [-0.2, 0) is 4.74 Å². The van der Waals surface area contributed by atoms with Crippen LogP contribution in [0.5, 0.6) is 0 Å². The summed E-state index contributed by atoms with van der Waals surface area (Å²) >= 11 is 0. The van der Waals surface area contributed by atoms with E-state index >= 15 is 0 Å². The molecule has 0 radical (unpaired) electrons. The van der Waals surface area contributed by atoms with Gasteiger partial charge in [-0.2, -0.15) is 0 Å². The lowest BCUT2D eigenvalue weighted by Crippen LogP contribution is -2.75. The molecule has 4 heterocycles. The maximum Gasteiger partial charge on any atom is 0.0645 e. The Morgan fingerprint density at radius 3 is 2.00 bits per heavy atom. The summed E-state index contributed by atoms with van der Waals surface area (Å²) in [7, 11) is 0. The monoisotopic (exact) mass is 210 g/mol. The first kappa shape index (κ1) is 10.1. The first-order valence-electron chi connectivity index (χ1n) is 6.16. The van der Waals surface area contributed by atoms with Gasteiger partial charge in [0.25, 0.3) is 0 Å². The van der Waals surface area contributed by atoms with Gasteiger partial charge in [-0.3, -0.25) is 9.80 Å². The molecule has 0 aromatic rings. The Labute approximate surface area is 92.4 Å². The molecule has 3 heteroatoms. The first-order valence-corrected chi connectivity index (χ1v) is 6.16. The Morgan fingerprint density at radius 2 is 1.60 bits per heavy atom. The molecule has 15 heavy (non-hydrogen) atoms. The van der Waals surface area contributed by atoms with Crippen LogP contribution < -0.4 is 0 Å². The minimum Gasteiger partial charge on any atom is -0.378 e. The molecular weight excluding hydrogens is 188 g/mol.